The lowest BCUT2D eigenvalue weighted by atomic mass is 10.2. The molecule has 0 saturated heterocycles. The van der Waals surface area contributed by atoms with E-state index in [0.29, 0.717) is 18.2 Å². The molecule has 1 aromatic heterocycles. The first-order chi connectivity index (χ1) is 6.31. The van der Waals surface area contributed by atoms with Gasteiger partial charge in [-0.2, -0.15) is 0 Å². The van der Waals surface area contributed by atoms with Crippen LogP contribution in [0.4, 0.5) is 0 Å². The van der Waals surface area contributed by atoms with Crippen LogP contribution in [0, 0.1) is 0 Å². The molecule has 12 heavy (non-hydrogen) atoms. The van der Waals surface area contributed by atoms with E-state index in [1.807, 2.05) is 18.2 Å². The van der Waals surface area contributed by atoms with Crippen LogP contribution in [-0.2, 0) is 11.3 Å². The highest BCUT2D eigenvalue weighted by molar-refractivity contribution is 5.77. The van der Waals surface area contributed by atoms with Gasteiger partial charge in [0.2, 0.25) is 0 Å². The number of fused-ring (bicyclic) bond motifs is 1. The second kappa shape index (κ2) is 2.99. The van der Waals surface area contributed by atoms with Crippen molar-refractivity contribution < 1.29 is 10.5 Å². The summed E-state index contributed by atoms with van der Waals surface area (Å²) in [5.74, 6) is 0.761. The van der Waals surface area contributed by atoms with E-state index in [-0.39, 0.29) is 0 Å². The van der Waals surface area contributed by atoms with Gasteiger partial charge in [-0.1, -0.05) is 18.2 Å². The third kappa shape index (κ3) is 1.21. The van der Waals surface area contributed by atoms with E-state index < -0.39 is 0 Å². The molecule has 0 aliphatic heterocycles. The van der Waals surface area contributed by atoms with Gasteiger partial charge in [0.15, 0.2) is 0 Å². The summed E-state index contributed by atoms with van der Waals surface area (Å²) in [5, 5.41) is 0.958. The Morgan fingerprint density at radius 1 is 1.58 bits per heavy atom. The zero-order valence-corrected chi connectivity index (χ0v) is 6.83. The van der Waals surface area contributed by atoms with Crippen LogP contribution >= 0.6 is 0 Å². The zero-order valence-electron chi connectivity index (χ0n) is 7.83. The molecule has 0 radical (unpaired) electrons. The molecule has 2 rings (SSSR count). The first-order valence-corrected chi connectivity index (χ1v) is 3.78. The highest BCUT2D eigenvalue weighted by Gasteiger charge is 2.00. The van der Waals surface area contributed by atoms with Gasteiger partial charge in [-0.3, -0.25) is 0 Å². The standard InChI is InChI=1S/C10H10O2/c1-11-7-9-6-8-4-2-3-5-10(8)12-9/h2-6H,7H2,1H3/i5D. The van der Waals surface area contributed by atoms with Crippen LogP contribution in [0.1, 0.15) is 7.13 Å². The Morgan fingerprint density at radius 2 is 2.50 bits per heavy atom. The van der Waals surface area contributed by atoms with Gasteiger partial charge in [0.05, 0.1) is 1.37 Å². The van der Waals surface area contributed by atoms with Gasteiger partial charge >= 0.3 is 0 Å². The molecule has 2 heteroatoms. The predicted molar refractivity (Wildman–Crippen MR) is 46.9 cm³/mol. The Morgan fingerprint density at radius 3 is 3.25 bits per heavy atom. The molecule has 0 fully saturated rings. The van der Waals surface area contributed by atoms with Crippen molar-refractivity contribution in [2.75, 3.05) is 7.11 Å². The summed E-state index contributed by atoms with van der Waals surface area (Å²) < 4.78 is 17.9. The van der Waals surface area contributed by atoms with Crippen molar-refractivity contribution in [3.8, 4) is 0 Å². The Balaban J connectivity index is 2.55. The summed E-state index contributed by atoms with van der Waals surface area (Å²) in [6.45, 7) is 0.452. The smallest absolute Gasteiger partial charge is 0.134 e. The summed E-state index contributed by atoms with van der Waals surface area (Å²) in [7, 11) is 1.62. The minimum atomic E-state index is 0.417. The normalized spacial score (nSPS) is 11.9. The topological polar surface area (TPSA) is 22.4 Å². The minimum Gasteiger partial charge on any atom is -0.459 e. The Labute approximate surface area is 72.2 Å². The molecule has 1 aromatic carbocycles. The van der Waals surface area contributed by atoms with Crippen LogP contribution in [0.25, 0.3) is 11.0 Å². The number of rotatable bonds is 2. The molecule has 0 N–H and O–H groups in total. The predicted octanol–water partition coefficient (Wildman–Crippen LogP) is 2.58. The molecular formula is C10H10O2. The number of ether oxygens (including phenoxy) is 1. The third-order valence-electron chi connectivity index (χ3n) is 1.68. The number of hydrogen-bond acceptors (Lipinski definition) is 2. The lowest BCUT2D eigenvalue weighted by Crippen LogP contribution is -1.81. The van der Waals surface area contributed by atoms with Crippen molar-refractivity contribution in [2.45, 2.75) is 6.61 Å². The number of furan rings is 1. The van der Waals surface area contributed by atoms with Gasteiger partial charge in [-0.25, -0.2) is 0 Å². The van der Waals surface area contributed by atoms with Crippen LogP contribution < -0.4 is 0 Å². The molecule has 0 saturated carbocycles. The lowest BCUT2D eigenvalue weighted by molar-refractivity contribution is 0.166. The number of para-hydroxylation sites is 1. The maximum absolute atomic E-state index is 7.57. The summed E-state index contributed by atoms with van der Waals surface area (Å²) in [6, 6.07) is 7.80. The summed E-state index contributed by atoms with van der Waals surface area (Å²) in [4.78, 5) is 0. The zero-order chi connectivity index (χ0) is 9.26. The third-order valence-corrected chi connectivity index (χ3v) is 1.68. The molecule has 1 heterocycles. The van der Waals surface area contributed by atoms with Crippen LogP contribution in [0.15, 0.2) is 34.7 Å². The average molecular weight is 163 g/mol. The SMILES string of the molecule is [2H]c1cccc2cc(COC)oc12. The molecule has 2 aromatic rings. The lowest BCUT2D eigenvalue weighted by Gasteiger charge is -1.89. The van der Waals surface area contributed by atoms with Gasteiger partial charge in [-0.15, -0.1) is 0 Å². The van der Waals surface area contributed by atoms with Gasteiger partial charge in [0, 0.05) is 12.5 Å². The van der Waals surface area contributed by atoms with Crippen LogP contribution in [0.2, 0.25) is 0 Å². The van der Waals surface area contributed by atoms with E-state index in [4.69, 9.17) is 10.5 Å². The largest absolute Gasteiger partial charge is 0.459 e. The molecule has 0 atom stereocenters. The van der Waals surface area contributed by atoms with E-state index in [1.54, 1.807) is 13.2 Å². The van der Waals surface area contributed by atoms with Gasteiger partial charge in [-0.05, 0) is 12.1 Å². The molecule has 0 bridgehead atoms. The van der Waals surface area contributed by atoms with Crippen molar-refractivity contribution in [3.63, 3.8) is 0 Å². The van der Waals surface area contributed by atoms with E-state index in [0.717, 1.165) is 11.1 Å². The van der Waals surface area contributed by atoms with Crippen molar-refractivity contribution in [1.82, 2.24) is 0 Å². The van der Waals surface area contributed by atoms with Crippen molar-refractivity contribution in [3.05, 3.63) is 36.1 Å². The quantitative estimate of drug-likeness (QED) is 0.678. The van der Waals surface area contributed by atoms with E-state index in [2.05, 4.69) is 0 Å². The van der Waals surface area contributed by atoms with Gasteiger partial charge < -0.3 is 9.15 Å². The van der Waals surface area contributed by atoms with Crippen LogP contribution in [0.5, 0.6) is 0 Å². The van der Waals surface area contributed by atoms with Crippen LogP contribution in [-0.4, -0.2) is 7.11 Å². The Hall–Kier alpha value is -1.28. The number of methoxy groups -OCH3 is 1. The van der Waals surface area contributed by atoms with Gasteiger partial charge in [0.25, 0.3) is 0 Å². The van der Waals surface area contributed by atoms with E-state index in [9.17, 15) is 0 Å². The molecular weight excluding hydrogens is 152 g/mol. The molecule has 2 nitrogen and oxygen atoms in total. The molecule has 0 amide bonds. The summed E-state index contributed by atoms with van der Waals surface area (Å²) in [5.41, 5.74) is 0.634. The molecule has 0 aliphatic carbocycles. The fourth-order valence-corrected chi connectivity index (χ4v) is 1.18. The number of benzene rings is 1. The van der Waals surface area contributed by atoms with Crippen molar-refractivity contribution >= 4 is 11.0 Å². The van der Waals surface area contributed by atoms with Crippen molar-refractivity contribution in [1.29, 1.82) is 0 Å². The maximum atomic E-state index is 7.57. The Kier molecular flexibility index (Phi) is 1.56. The summed E-state index contributed by atoms with van der Waals surface area (Å²) in [6.07, 6.45) is 0. The van der Waals surface area contributed by atoms with E-state index in [1.165, 1.54) is 0 Å². The number of hydrogen-bond donors (Lipinski definition) is 0. The summed E-state index contributed by atoms with van der Waals surface area (Å²) >= 11 is 0. The average Bonchev–Trinajstić information content (AvgIpc) is 2.49. The fourth-order valence-electron chi connectivity index (χ4n) is 1.18. The second-order valence-corrected chi connectivity index (χ2v) is 2.60. The van der Waals surface area contributed by atoms with Gasteiger partial charge in [0.1, 0.15) is 18.0 Å². The highest BCUT2D eigenvalue weighted by Crippen LogP contribution is 2.18. The maximum Gasteiger partial charge on any atom is 0.134 e. The monoisotopic (exact) mass is 163 g/mol. The molecule has 0 aliphatic rings. The van der Waals surface area contributed by atoms with Crippen molar-refractivity contribution in [2.24, 2.45) is 0 Å². The second-order valence-electron chi connectivity index (χ2n) is 2.60. The fraction of sp³-hybridized carbons (Fsp3) is 0.200. The molecule has 62 valence electrons. The Bertz CT molecular complexity index is 420. The minimum absolute atomic E-state index is 0.417. The van der Waals surface area contributed by atoms with E-state index >= 15 is 0 Å². The van der Waals surface area contributed by atoms with Crippen LogP contribution in [0.3, 0.4) is 0 Å². The first kappa shape index (κ1) is 6.26. The molecule has 0 unspecified atom stereocenters. The molecule has 0 spiro atoms. The first-order valence-electron chi connectivity index (χ1n) is 4.28. The highest BCUT2D eigenvalue weighted by atomic mass is 16.5.